The van der Waals surface area contributed by atoms with Crippen LogP contribution in [0.15, 0.2) is 61.1 Å². The second-order valence-electron chi connectivity index (χ2n) is 7.30. The highest BCUT2D eigenvalue weighted by atomic mass is 35.5. The van der Waals surface area contributed by atoms with Crippen LogP contribution in [0.1, 0.15) is 12.5 Å². The molecule has 0 fully saturated rings. The predicted molar refractivity (Wildman–Crippen MR) is 132 cm³/mol. The molecular weight excluding hydrogens is 514 g/mol. The van der Waals surface area contributed by atoms with Crippen LogP contribution in [0.2, 0.25) is 5.02 Å². The van der Waals surface area contributed by atoms with Gasteiger partial charge in [0.1, 0.15) is 23.3 Å². The lowest BCUT2D eigenvalue weighted by atomic mass is 10.2. The monoisotopic (exact) mass is 533 g/mol. The van der Waals surface area contributed by atoms with Crippen LogP contribution in [0.5, 0.6) is 11.5 Å². The summed E-state index contributed by atoms with van der Waals surface area (Å²) in [4.78, 5) is 8.61. The number of hydrogen-bond acceptors (Lipinski definition) is 5. The Bertz CT molecular complexity index is 1260. The second kappa shape index (κ2) is 11.1. The number of halogens is 6. The number of anilines is 2. The summed E-state index contributed by atoms with van der Waals surface area (Å²) in [6.45, 7) is 2.50. The Kier molecular flexibility index (Phi) is 9.02. The van der Waals surface area contributed by atoms with Crippen molar-refractivity contribution < 1.29 is 17.9 Å². The molecule has 12 heteroatoms. The van der Waals surface area contributed by atoms with Crippen molar-refractivity contribution in [3.8, 4) is 11.5 Å². The van der Waals surface area contributed by atoms with Gasteiger partial charge >= 0.3 is 6.18 Å². The fraction of sp³-hybridized carbons (Fsp3) is 0.182. The van der Waals surface area contributed by atoms with E-state index in [2.05, 4.69) is 15.3 Å². The summed E-state index contributed by atoms with van der Waals surface area (Å²) < 4.78 is 46.3. The van der Waals surface area contributed by atoms with E-state index in [1.807, 2.05) is 23.8 Å². The van der Waals surface area contributed by atoms with Crippen molar-refractivity contribution in [3.05, 3.63) is 71.6 Å². The predicted octanol–water partition coefficient (Wildman–Crippen LogP) is 6.83. The average molecular weight is 535 g/mol. The maximum atomic E-state index is 12.9. The minimum atomic E-state index is -4.46. The smallest absolute Gasteiger partial charge is 0.416 e. The van der Waals surface area contributed by atoms with Crippen LogP contribution in [0.25, 0.3) is 11.0 Å². The topological polar surface area (TPSA) is 78.0 Å². The molecular formula is C22H21Cl3F3N5O. The van der Waals surface area contributed by atoms with Crippen molar-refractivity contribution in [1.29, 1.82) is 0 Å². The fourth-order valence-electron chi connectivity index (χ4n) is 3.25. The van der Waals surface area contributed by atoms with Crippen LogP contribution in [-0.2, 0) is 12.7 Å². The number of aromatic nitrogens is 3. The SMILES string of the molecule is CC(N)Cn1ccc2ncnc(Nc3ccc(Oc4cccc(C(F)(F)F)c4)c(Cl)c3)c21.Cl.Cl. The van der Waals surface area contributed by atoms with E-state index < -0.39 is 11.7 Å². The molecule has 0 aliphatic carbocycles. The van der Waals surface area contributed by atoms with Crippen LogP contribution >= 0.6 is 36.4 Å². The Labute approximate surface area is 211 Å². The van der Waals surface area contributed by atoms with Crippen molar-refractivity contribution in [1.82, 2.24) is 14.5 Å². The molecule has 0 amide bonds. The molecule has 0 aliphatic rings. The fourth-order valence-corrected chi connectivity index (χ4v) is 3.47. The van der Waals surface area contributed by atoms with Crippen LogP contribution in [0.3, 0.4) is 0 Å². The van der Waals surface area contributed by atoms with E-state index in [1.165, 1.54) is 18.5 Å². The number of hydrogen-bond donors (Lipinski definition) is 2. The average Bonchev–Trinajstić information content (AvgIpc) is 3.13. The van der Waals surface area contributed by atoms with Crippen molar-refractivity contribution in [2.45, 2.75) is 25.7 Å². The second-order valence-corrected chi connectivity index (χ2v) is 7.71. The highest BCUT2D eigenvalue weighted by Gasteiger charge is 2.30. The molecule has 0 bridgehead atoms. The number of rotatable bonds is 6. The van der Waals surface area contributed by atoms with E-state index in [9.17, 15) is 13.2 Å². The van der Waals surface area contributed by atoms with Gasteiger partial charge in [0.05, 0.1) is 16.1 Å². The van der Waals surface area contributed by atoms with E-state index in [0.717, 1.165) is 23.2 Å². The number of fused-ring (bicyclic) bond motifs is 1. The van der Waals surface area contributed by atoms with Gasteiger partial charge in [-0.2, -0.15) is 13.2 Å². The van der Waals surface area contributed by atoms with E-state index in [0.29, 0.717) is 18.1 Å². The molecule has 2 heterocycles. The quantitative estimate of drug-likeness (QED) is 0.283. The molecule has 1 unspecified atom stereocenters. The zero-order chi connectivity index (χ0) is 22.9. The Balaban J connectivity index is 0.00000204. The number of benzene rings is 2. The number of nitrogens with zero attached hydrogens (tertiary/aromatic N) is 3. The molecule has 0 saturated heterocycles. The first-order chi connectivity index (χ1) is 15.2. The van der Waals surface area contributed by atoms with Crippen molar-refractivity contribution in [2.24, 2.45) is 5.73 Å². The zero-order valence-electron chi connectivity index (χ0n) is 17.7. The van der Waals surface area contributed by atoms with E-state index in [4.69, 9.17) is 22.1 Å². The van der Waals surface area contributed by atoms with Gasteiger partial charge in [0.15, 0.2) is 5.82 Å². The van der Waals surface area contributed by atoms with Crippen LogP contribution in [0, 0.1) is 0 Å². The minimum Gasteiger partial charge on any atom is -0.456 e. The van der Waals surface area contributed by atoms with E-state index >= 15 is 0 Å². The highest BCUT2D eigenvalue weighted by Crippen LogP contribution is 2.36. The molecule has 1 atom stereocenters. The summed E-state index contributed by atoms with van der Waals surface area (Å²) in [5.74, 6) is 0.835. The Hall–Kier alpha value is -2.72. The molecule has 2 aromatic heterocycles. The summed E-state index contributed by atoms with van der Waals surface area (Å²) in [5, 5.41) is 3.43. The lowest BCUT2D eigenvalue weighted by molar-refractivity contribution is -0.137. The van der Waals surface area contributed by atoms with Crippen LogP contribution < -0.4 is 15.8 Å². The first kappa shape index (κ1) is 27.5. The molecule has 2 aromatic carbocycles. The summed E-state index contributed by atoms with van der Waals surface area (Å²) >= 11 is 6.33. The van der Waals surface area contributed by atoms with Gasteiger partial charge in [-0.3, -0.25) is 0 Å². The third kappa shape index (κ3) is 6.24. The number of alkyl halides is 3. The van der Waals surface area contributed by atoms with Gasteiger partial charge in [-0.25, -0.2) is 9.97 Å². The van der Waals surface area contributed by atoms with Gasteiger partial charge in [0.25, 0.3) is 0 Å². The van der Waals surface area contributed by atoms with E-state index in [-0.39, 0.29) is 47.4 Å². The lowest BCUT2D eigenvalue weighted by Crippen LogP contribution is -2.21. The first-order valence-electron chi connectivity index (χ1n) is 9.68. The highest BCUT2D eigenvalue weighted by molar-refractivity contribution is 6.32. The summed E-state index contributed by atoms with van der Waals surface area (Å²) in [6.07, 6.45) is -1.11. The molecule has 0 spiro atoms. The van der Waals surface area contributed by atoms with Crippen molar-refractivity contribution in [2.75, 3.05) is 5.32 Å². The third-order valence-electron chi connectivity index (χ3n) is 4.62. The van der Waals surface area contributed by atoms with Crippen LogP contribution in [0.4, 0.5) is 24.7 Å². The van der Waals surface area contributed by atoms with Gasteiger partial charge in [-0.1, -0.05) is 17.7 Å². The molecule has 4 rings (SSSR count). The maximum Gasteiger partial charge on any atom is 0.416 e. The summed E-state index contributed by atoms with van der Waals surface area (Å²) in [6, 6.07) is 11.3. The molecule has 0 aliphatic heterocycles. The maximum absolute atomic E-state index is 12.9. The van der Waals surface area contributed by atoms with Gasteiger partial charge in [0.2, 0.25) is 0 Å². The molecule has 34 heavy (non-hydrogen) atoms. The number of nitrogens with one attached hydrogen (secondary N) is 1. The summed E-state index contributed by atoms with van der Waals surface area (Å²) in [5.41, 5.74) is 7.32. The molecule has 0 saturated carbocycles. The number of nitrogens with two attached hydrogens (primary N) is 1. The van der Waals surface area contributed by atoms with Gasteiger partial charge in [-0.05, 0) is 49.4 Å². The Morgan fingerprint density at radius 3 is 2.56 bits per heavy atom. The van der Waals surface area contributed by atoms with Crippen LogP contribution in [-0.4, -0.2) is 20.6 Å². The van der Waals surface area contributed by atoms with Crippen molar-refractivity contribution in [3.63, 3.8) is 0 Å². The standard InChI is InChI=1S/C22H19ClF3N5O.2ClH/c1-13(27)11-31-8-7-18-20(31)21(29-12-28-18)30-15-5-6-19(17(23)10-15)32-16-4-2-3-14(9-16)22(24,25)26;;/h2-10,12-13H,11,27H2,1H3,(H,28,29,30);2*1H. The molecule has 182 valence electrons. The zero-order valence-corrected chi connectivity index (χ0v) is 20.1. The largest absolute Gasteiger partial charge is 0.456 e. The number of ether oxygens (including phenoxy) is 1. The molecule has 6 nitrogen and oxygen atoms in total. The Morgan fingerprint density at radius 2 is 1.88 bits per heavy atom. The van der Waals surface area contributed by atoms with Gasteiger partial charge < -0.3 is 20.4 Å². The third-order valence-corrected chi connectivity index (χ3v) is 4.91. The first-order valence-corrected chi connectivity index (χ1v) is 10.1. The molecule has 3 N–H and O–H groups in total. The molecule has 4 aromatic rings. The lowest BCUT2D eigenvalue weighted by Gasteiger charge is -2.14. The van der Waals surface area contributed by atoms with Crippen molar-refractivity contribution >= 4 is 59.0 Å². The van der Waals surface area contributed by atoms with Gasteiger partial charge in [-0.15, -0.1) is 24.8 Å². The van der Waals surface area contributed by atoms with Gasteiger partial charge in [0, 0.05) is 24.5 Å². The normalized spacial score (nSPS) is 11.9. The van der Waals surface area contributed by atoms with E-state index in [1.54, 1.807) is 18.2 Å². The Morgan fingerprint density at radius 1 is 1.12 bits per heavy atom. The molecule has 0 radical (unpaired) electrons. The summed E-state index contributed by atoms with van der Waals surface area (Å²) in [7, 11) is 0. The minimum absolute atomic E-state index is 0.